The molecule has 2 heterocycles. The van der Waals surface area contributed by atoms with Gasteiger partial charge in [-0.3, -0.25) is 4.98 Å². The van der Waals surface area contributed by atoms with Crippen LogP contribution in [0.25, 0.3) is 10.1 Å². The Kier molecular flexibility index (Phi) is 3.64. The zero-order valence-corrected chi connectivity index (χ0v) is 12.9. The second kappa shape index (κ2) is 5.43. The van der Waals surface area contributed by atoms with E-state index >= 15 is 0 Å². The summed E-state index contributed by atoms with van der Waals surface area (Å²) in [6.45, 7) is 4.33. The zero-order valence-electron chi connectivity index (χ0n) is 11.4. The van der Waals surface area contributed by atoms with Crippen LogP contribution in [0.5, 0.6) is 0 Å². The number of pyridine rings is 1. The minimum atomic E-state index is 0.203. The van der Waals surface area contributed by atoms with Crippen molar-refractivity contribution in [2.75, 3.05) is 5.32 Å². The van der Waals surface area contributed by atoms with Crippen LogP contribution in [0, 0.1) is 6.92 Å². The lowest BCUT2D eigenvalue weighted by Crippen LogP contribution is -2.06. The van der Waals surface area contributed by atoms with E-state index in [1.807, 2.05) is 11.3 Å². The van der Waals surface area contributed by atoms with Crippen LogP contribution in [0.3, 0.4) is 0 Å². The summed E-state index contributed by atoms with van der Waals surface area (Å²) in [6, 6.07) is 10.5. The van der Waals surface area contributed by atoms with Gasteiger partial charge in [0.05, 0.1) is 22.9 Å². The zero-order chi connectivity index (χ0) is 14.1. The molecule has 0 aliphatic carbocycles. The maximum Gasteiger partial charge on any atom is 0.0721 e. The number of rotatable bonds is 3. The summed E-state index contributed by atoms with van der Waals surface area (Å²) in [5.41, 5.74) is 2.21. The highest BCUT2D eigenvalue weighted by Crippen LogP contribution is 2.36. The molecule has 2 nitrogen and oxygen atoms in total. The van der Waals surface area contributed by atoms with Crippen molar-refractivity contribution in [3.8, 4) is 0 Å². The second-order valence-corrected chi connectivity index (χ2v) is 6.30. The van der Waals surface area contributed by atoms with Gasteiger partial charge in [-0.2, -0.15) is 0 Å². The third-order valence-corrected chi connectivity index (χ3v) is 5.20. The molecule has 0 spiro atoms. The lowest BCUT2D eigenvalue weighted by molar-refractivity contribution is 0.898. The molecule has 0 saturated carbocycles. The summed E-state index contributed by atoms with van der Waals surface area (Å²) in [7, 11) is 0. The molecule has 0 aliphatic heterocycles. The first-order valence-electron chi connectivity index (χ1n) is 6.51. The third-order valence-electron chi connectivity index (χ3n) is 3.41. The Balaban J connectivity index is 1.95. The van der Waals surface area contributed by atoms with Crippen LogP contribution < -0.4 is 5.32 Å². The SMILES string of the molecule is Cc1c(C(C)Nc2cnccc2Cl)sc2ccccc12. The quantitative estimate of drug-likeness (QED) is 0.697. The molecule has 1 atom stereocenters. The number of hydrogen-bond donors (Lipinski definition) is 1. The maximum absolute atomic E-state index is 6.18. The highest BCUT2D eigenvalue weighted by molar-refractivity contribution is 7.19. The summed E-state index contributed by atoms with van der Waals surface area (Å²) >= 11 is 8.01. The van der Waals surface area contributed by atoms with Crippen molar-refractivity contribution in [1.82, 2.24) is 4.98 Å². The third kappa shape index (κ3) is 2.39. The molecule has 3 aromatic rings. The first kappa shape index (κ1) is 13.4. The summed E-state index contributed by atoms with van der Waals surface area (Å²) in [4.78, 5) is 5.45. The average molecular weight is 303 g/mol. The summed E-state index contributed by atoms with van der Waals surface area (Å²) < 4.78 is 1.32. The van der Waals surface area contributed by atoms with Gasteiger partial charge >= 0.3 is 0 Å². The van der Waals surface area contributed by atoms with Crippen LogP contribution in [0.15, 0.2) is 42.7 Å². The predicted octanol–water partition coefficient (Wildman–Crippen LogP) is 5.43. The number of aromatic nitrogens is 1. The van der Waals surface area contributed by atoms with Crippen molar-refractivity contribution >= 4 is 38.7 Å². The summed E-state index contributed by atoms with van der Waals surface area (Å²) in [6.07, 6.45) is 3.46. The summed E-state index contributed by atoms with van der Waals surface area (Å²) in [5, 5.41) is 5.48. The monoisotopic (exact) mass is 302 g/mol. The van der Waals surface area contributed by atoms with Crippen molar-refractivity contribution in [3.05, 3.63) is 58.2 Å². The first-order chi connectivity index (χ1) is 9.66. The predicted molar refractivity (Wildman–Crippen MR) is 87.8 cm³/mol. The molecule has 2 aromatic heterocycles. The van der Waals surface area contributed by atoms with E-state index in [9.17, 15) is 0 Å². The lowest BCUT2D eigenvalue weighted by atomic mass is 10.1. The molecule has 0 amide bonds. The lowest BCUT2D eigenvalue weighted by Gasteiger charge is -2.15. The topological polar surface area (TPSA) is 24.9 Å². The van der Waals surface area contributed by atoms with Gasteiger partial charge in [0.15, 0.2) is 0 Å². The molecule has 102 valence electrons. The number of aryl methyl sites for hydroxylation is 1. The van der Waals surface area contributed by atoms with Crippen LogP contribution in [0.2, 0.25) is 5.02 Å². The van der Waals surface area contributed by atoms with Gasteiger partial charge in [-0.25, -0.2) is 0 Å². The van der Waals surface area contributed by atoms with Crippen molar-refractivity contribution in [2.45, 2.75) is 19.9 Å². The van der Waals surface area contributed by atoms with Crippen LogP contribution in [0.4, 0.5) is 5.69 Å². The van der Waals surface area contributed by atoms with E-state index < -0.39 is 0 Å². The number of nitrogens with one attached hydrogen (secondary N) is 1. The van der Waals surface area contributed by atoms with Crippen LogP contribution >= 0.6 is 22.9 Å². The van der Waals surface area contributed by atoms with E-state index in [2.05, 4.69) is 48.4 Å². The molecule has 1 N–H and O–H groups in total. The minimum absolute atomic E-state index is 0.203. The Bertz CT molecular complexity index is 751. The Labute approximate surface area is 127 Å². The van der Waals surface area contributed by atoms with Crippen LogP contribution in [0.1, 0.15) is 23.4 Å². The highest BCUT2D eigenvalue weighted by atomic mass is 35.5. The van der Waals surface area contributed by atoms with Gasteiger partial charge in [0.25, 0.3) is 0 Å². The molecule has 1 unspecified atom stereocenters. The van der Waals surface area contributed by atoms with Crippen molar-refractivity contribution in [1.29, 1.82) is 0 Å². The van der Waals surface area contributed by atoms with Gasteiger partial charge in [0.2, 0.25) is 0 Å². The number of anilines is 1. The van der Waals surface area contributed by atoms with E-state index in [1.165, 1.54) is 20.5 Å². The fourth-order valence-electron chi connectivity index (χ4n) is 2.39. The normalized spacial score (nSPS) is 12.6. The number of nitrogens with zero attached hydrogens (tertiary/aromatic N) is 1. The smallest absolute Gasteiger partial charge is 0.0721 e. The average Bonchev–Trinajstić information content (AvgIpc) is 2.79. The molecule has 0 bridgehead atoms. The van der Waals surface area contributed by atoms with Gasteiger partial charge in [0.1, 0.15) is 0 Å². The number of thiophene rings is 1. The molecule has 0 saturated heterocycles. The minimum Gasteiger partial charge on any atom is -0.375 e. The van der Waals surface area contributed by atoms with E-state index in [4.69, 9.17) is 11.6 Å². The second-order valence-electron chi connectivity index (χ2n) is 4.81. The van der Waals surface area contributed by atoms with Gasteiger partial charge in [-0.15, -0.1) is 11.3 Å². The van der Waals surface area contributed by atoms with Crippen molar-refractivity contribution < 1.29 is 0 Å². The molecular formula is C16H15ClN2S. The Morgan fingerprint density at radius 3 is 2.80 bits per heavy atom. The fraction of sp³-hybridized carbons (Fsp3) is 0.188. The molecule has 4 heteroatoms. The van der Waals surface area contributed by atoms with Crippen LogP contribution in [-0.2, 0) is 0 Å². The molecule has 0 aliphatic rings. The summed E-state index contributed by atoms with van der Waals surface area (Å²) in [5.74, 6) is 0. The largest absolute Gasteiger partial charge is 0.375 e. The Morgan fingerprint density at radius 1 is 1.25 bits per heavy atom. The molecule has 20 heavy (non-hydrogen) atoms. The number of hydrogen-bond acceptors (Lipinski definition) is 3. The van der Waals surface area contributed by atoms with E-state index in [1.54, 1.807) is 18.5 Å². The maximum atomic E-state index is 6.18. The Morgan fingerprint density at radius 2 is 2.05 bits per heavy atom. The van der Waals surface area contributed by atoms with Gasteiger partial charge in [-0.1, -0.05) is 29.8 Å². The van der Waals surface area contributed by atoms with Crippen molar-refractivity contribution in [2.24, 2.45) is 0 Å². The number of benzene rings is 1. The van der Waals surface area contributed by atoms with Crippen molar-refractivity contribution in [3.63, 3.8) is 0 Å². The molecule has 3 rings (SSSR count). The molecule has 0 radical (unpaired) electrons. The first-order valence-corrected chi connectivity index (χ1v) is 7.70. The van der Waals surface area contributed by atoms with Crippen LogP contribution in [-0.4, -0.2) is 4.98 Å². The number of halogens is 1. The van der Waals surface area contributed by atoms with E-state index in [0.29, 0.717) is 5.02 Å². The molecular weight excluding hydrogens is 288 g/mol. The standard InChI is InChI=1S/C16H15ClN2S/c1-10-12-5-3-4-6-15(12)20-16(10)11(2)19-14-9-18-8-7-13(14)17/h3-9,11,19H,1-2H3. The van der Waals surface area contributed by atoms with Gasteiger partial charge in [-0.05, 0) is 36.9 Å². The van der Waals surface area contributed by atoms with E-state index in [-0.39, 0.29) is 6.04 Å². The van der Waals surface area contributed by atoms with Gasteiger partial charge < -0.3 is 5.32 Å². The fourth-order valence-corrected chi connectivity index (χ4v) is 3.76. The Hall–Kier alpha value is -1.58. The number of fused-ring (bicyclic) bond motifs is 1. The molecule has 1 aromatic carbocycles. The highest BCUT2D eigenvalue weighted by Gasteiger charge is 2.15. The molecule has 0 fully saturated rings. The van der Waals surface area contributed by atoms with Gasteiger partial charge in [0, 0.05) is 15.8 Å². The van der Waals surface area contributed by atoms with E-state index in [0.717, 1.165) is 5.69 Å².